The quantitative estimate of drug-likeness (QED) is 0.919. The van der Waals surface area contributed by atoms with Crippen LogP contribution in [0.5, 0.6) is 0 Å². The zero-order valence-corrected chi connectivity index (χ0v) is 13.0. The number of nitrogens with one attached hydrogen (secondary N) is 1. The van der Waals surface area contributed by atoms with Crippen molar-refractivity contribution in [2.75, 3.05) is 26.7 Å². The highest BCUT2D eigenvalue weighted by Crippen LogP contribution is 2.21. The van der Waals surface area contributed by atoms with E-state index in [4.69, 9.17) is 0 Å². The van der Waals surface area contributed by atoms with Crippen LogP contribution in [0.15, 0.2) is 22.7 Å². The molecular weight excluding hydrogens is 288 g/mol. The van der Waals surface area contributed by atoms with Crippen molar-refractivity contribution in [2.45, 2.75) is 26.3 Å². The fourth-order valence-corrected chi connectivity index (χ4v) is 3.17. The summed E-state index contributed by atoms with van der Waals surface area (Å²) in [5, 5.41) is 3.30. The second-order valence-electron chi connectivity index (χ2n) is 5.38. The first-order chi connectivity index (χ1) is 8.69. The second-order valence-corrected chi connectivity index (χ2v) is 6.24. The number of halogens is 1. The molecule has 1 aliphatic rings. The van der Waals surface area contributed by atoms with Gasteiger partial charge < -0.3 is 5.32 Å². The Hall–Kier alpha value is -0.380. The molecule has 18 heavy (non-hydrogen) atoms. The van der Waals surface area contributed by atoms with Crippen LogP contribution in [0.2, 0.25) is 0 Å². The van der Waals surface area contributed by atoms with Gasteiger partial charge in [-0.1, -0.05) is 28.1 Å². The molecule has 1 atom stereocenters. The van der Waals surface area contributed by atoms with Crippen molar-refractivity contribution < 1.29 is 0 Å². The number of benzene rings is 1. The minimum absolute atomic E-state index is 0.817. The Labute approximate surface area is 119 Å². The Morgan fingerprint density at radius 2 is 2.28 bits per heavy atom. The van der Waals surface area contributed by atoms with E-state index in [2.05, 4.69) is 58.3 Å². The molecule has 1 saturated heterocycles. The van der Waals surface area contributed by atoms with Gasteiger partial charge in [0.2, 0.25) is 0 Å². The third-order valence-corrected chi connectivity index (χ3v) is 4.59. The maximum absolute atomic E-state index is 3.62. The van der Waals surface area contributed by atoms with Crippen molar-refractivity contribution in [1.29, 1.82) is 0 Å². The zero-order chi connectivity index (χ0) is 13.0. The Kier molecular flexibility index (Phi) is 5.22. The summed E-state index contributed by atoms with van der Waals surface area (Å²) in [5.41, 5.74) is 2.73. The molecule has 0 spiro atoms. The molecule has 0 saturated carbocycles. The predicted octanol–water partition coefficient (Wildman–Crippen LogP) is 3.19. The molecule has 2 rings (SSSR count). The van der Waals surface area contributed by atoms with Gasteiger partial charge in [0.1, 0.15) is 0 Å². The van der Waals surface area contributed by atoms with Crippen LogP contribution in [0.25, 0.3) is 0 Å². The molecule has 1 heterocycles. The maximum Gasteiger partial charge on any atom is 0.0234 e. The largest absolute Gasteiger partial charge is 0.319 e. The van der Waals surface area contributed by atoms with Crippen molar-refractivity contribution in [3.8, 4) is 0 Å². The summed E-state index contributed by atoms with van der Waals surface area (Å²) in [6.07, 6.45) is 2.70. The van der Waals surface area contributed by atoms with Gasteiger partial charge in [-0.05, 0) is 63.0 Å². The molecule has 100 valence electrons. The molecule has 0 bridgehead atoms. The van der Waals surface area contributed by atoms with Crippen LogP contribution in [0.4, 0.5) is 0 Å². The highest BCUT2D eigenvalue weighted by Gasteiger charge is 2.19. The van der Waals surface area contributed by atoms with Gasteiger partial charge in [0, 0.05) is 17.6 Å². The standard InChI is InChI=1S/C15H23BrN2/c1-12-5-6-13(8-15(12)16)10-18-7-3-4-14(11-18)9-17-2/h5-6,8,14,17H,3-4,7,9-11H2,1-2H3. The lowest BCUT2D eigenvalue weighted by Gasteiger charge is -2.32. The third kappa shape index (κ3) is 3.81. The fourth-order valence-electron chi connectivity index (χ4n) is 2.74. The summed E-state index contributed by atoms with van der Waals surface area (Å²) < 4.78 is 1.23. The molecular formula is C15H23BrN2. The summed E-state index contributed by atoms with van der Waals surface area (Å²) in [7, 11) is 2.05. The second kappa shape index (κ2) is 6.69. The average molecular weight is 311 g/mol. The number of hydrogen-bond acceptors (Lipinski definition) is 2. The van der Waals surface area contributed by atoms with E-state index in [1.54, 1.807) is 0 Å². The Morgan fingerprint density at radius 3 is 3.00 bits per heavy atom. The van der Waals surface area contributed by atoms with Gasteiger partial charge in [0.15, 0.2) is 0 Å². The maximum atomic E-state index is 3.62. The molecule has 0 aliphatic carbocycles. The minimum atomic E-state index is 0.817. The Bertz CT molecular complexity index is 390. The zero-order valence-electron chi connectivity index (χ0n) is 11.4. The number of hydrogen-bond donors (Lipinski definition) is 1. The summed E-state index contributed by atoms with van der Waals surface area (Å²) in [6.45, 7) is 6.84. The highest BCUT2D eigenvalue weighted by molar-refractivity contribution is 9.10. The van der Waals surface area contributed by atoms with Crippen LogP contribution >= 0.6 is 15.9 Å². The number of aryl methyl sites for hydroxylation is 1. The molecule has 1 unspecified atom stereocenters. The van der Waals surface area contributed by atoms with Gasteiger partial charge in [-0.15, -0.1) is 0 Å². The fraction of sp³-hybridized carbons (Fsp3) is 0.600. The minimum Gasteiger partial charge on any atom is -0.319 e. The Balaban J connectivity index is 1.93. The van der Waals surface area contributed by atoms with Crippen LogP contribution in [-0.4, -0.2) is 31.6 Å². The third-order valence-electron chi connectivity index (χ3n) is 3.74. The molecule has 2 nitrogen and oxygen atoms in total. The van der Waals surface area contributed by atoms with Gasteiger partial charge in [-0.2, -0.15) is 0 Å². The van der Waals surface area contributed by atoms with E-state index in [0.717, 1.165) is 19.0 Å². The van der Waals surface area contributed by atoms with E-state index in [-0.39, 0.29) is 0 Å². The van der Waals surface area contributed by atoms with Crippen LogP contribution in [0.1, 0.15) is 24.0 Å². The summed E-state index contributed by atoms with van der Waals surface area (Å²) in [4.78, 5) is 2.59. The van der Waals surface area contributed by atoms with Gasteiger partial charge in [0.25, 0.3) is 0 Å². The van der Waals surface area contributed by atoms with Crippen molar-refractivity contribution in [3.05, 3.63) is 33.8 Å². The molecule has 0 radical (unpaired) electrons. The van der Waals surface area contributed by atoms with Crippen molar-refractivity contribution in [3.63, 3.8) is 0 Å². The molecule has 1 aliphatic heterocycles. The normalized spacial score (nSPS) is 21.2. The first-order valence-electron chi connectivity index (χ1n) is 6.81. The number of nitrogens with zero attached hydrogens (tertiary/aromatic N) is 1. The average Bonchev–Trinajstić information content (AvgIpc) is 2.35. The van der Waals surface area contributed by atoms with Crippen LogP contribution in [0.3, 0.4) is 0 Å². The van der Waals surface area contributed by atoms with Crippen LogP contribution < -0.4 is 5.32 Å². The van der Waals surface area contributed by atoms with Crippen molar-refractivity contribution in [2.24, 2.45) is 5.92 Å². The summed E-state index contributed by atoms with van der Waals surface area (Å²) in [5.74, 6) is 0.817. The molecule has 1 N–H and O–H groups in total. The molecule has 0 aromatic heterocycles. The first-order valence-corrected chi connectivity index (χ1v) is 7.60. The monoisotopic (exact) mass is 310 g/mol. The predicted molar refractivity (Wildman–Crippen MR) is 80.8 cm³/mol. The number of likely N-dealkylation sites (tertiary alicyclic amines) is 1. The molecule has 0 amide bonds. The molecule has 1 aromatic rings. The lowest BCUT2D eigenvalue weighted by Crippen LogP contribution is -2.38. The molecule has 1 aromatic carbocycles. The Morgan fingerprint density at radius 1 is 1.44 bits per heavy atom. The number of rotatable bonds is 4. The van der Waals surface area contributed by atoms with Crippen LogP contribution in [0, 0.1) is 12.8 Å². The van der Waals surface area contributed by atoms with Gasteiger partial charge in [-0.25, -0.2) is 0 Å². The van der Waals surface area contributed by atoms with E-state index in [1.165, 1.54) is 41.5 Å². The molecule has 1 fully saturated rings. The van der Waals surface area contributed by atoms with E-state index in [0.29, 0.717) is 0 Å². The summed E-state index contributed by atoms with van der Waals surface area (Å²) in [6, 6.07) is 6.72. The summed E-state index contributed by atoms with van der Waals surface area (Å²) >= 11 is 3.62. The number of piperidine rings is 1. The topological polar surface area (TPSA) is 15.3 Å². The van der Waals surface area contributed by atoms with E-state index in [1.807, 2.05) is 0 Å². The van der Waals surface area contributed by atoms with E-state index >= 15 is 0 Å². The van der Waals surface area contributed by atoms with Crippen molar-refractivity contribution >= 4 is 15.9 Å². The highest BCUT2D eigenvalue weighted by atomic mass is 79.9. The van der Waals surface area contributed by atoms with E-state index < -0.39 is 0 Å². The van der Waals surface area contributed by atoms with Gasteiger partial charge in [-0.3, -0.25) is 4.90 Å². The lowest BCUT2D eigenvalue weighted by atomic mass is 9.97. The smallest absolute Gasteiger partial charge is 0.0234 e. The van der Waals surface area contributed by atoms with E-state index in [9.17, 15) is 0 Å². The molecule has 3 heteroatoms. The first kappa shape index (κ1) is 14.0. The van der Waals surface area contributed by atoms with Crippen LogP contribution in [-0.2, 0) is 6.54 Å². The van der Waals surface area contributed by atoms with Gasteiger partial charge in [0.05, 0.1) is 0 Å². The van der Waals surface area contributed by atoms with Crippen molar-refractivity contribution in [1.82, 2.24) is 10.2 Å². The SMILES string of the molecule is CNCC1CCCN(Cc2ccc(C)c(Br)c2)C1. The lowest BCUT2D eigenvalue weighted by molar-refractivity contribution is 0.167. The van der Waals surface area contributed by atoms with Gasteiger partial charge >= 0.3 is 0 Å².